The molecule has 0 aliphatic heterocycles. The molecule has 0 spiro atoms. The number of aryl methyl sites for hydroxylation is 1. The summed E-state index contributed by atoms with van der Waals surface area (Å²) in [5, 5.41) is 0.951. The zero-order valence-electron chi connectivity index (χ0n) is 10.6. The maximum Gasteiger partial charge on any atom is 0.195 e. The first-order valence-electron chi connectivity index (χ1n) is 6.13. The van der Waals surface area contributed by atoms with E-state index in [0.717, 1.165) is 10.9 Å². The van der Waals surface area contributed by atoms with Crippen LogP contribution < -0.4 is 5.73 Å². The van der Waals surface area contributed by atoms with Gasteiger partial charge in [-0.1, -0.05) is 12.1 Å². The van der Waals surface area contributed by atoms with Gasteiger partial charge in [-0.05, 0) is 42.8 Å². The van der Waals surface area contributed by atoms with E-state index in [2.05, 4.69) is 4.98 Å². The van der Waals surface area contributed by atoms with Crippen molar-refractivity contribution in [2.75, 3.05) is 5.73 Å². The fourth-order valence-electron chi connectivity index (χ4n) is 2.22. The highest BCUT2D eigenvalue weighted by Crippen LogP contribution is 2.22. The van der Waals surface area contributed by atoms with E-state index >= 15 is 0 Å². The van der Waals surface area contributed by atoms with Crippen LogP contribution in [0.25, 0.3) is 10.9 Å². The molecule has 0 amide bonds. The molecular weight excluding hydrogens is 236 g/mol. The van der Waals surface area contributed by atoms with E-state index in [1.807, 2.05) is 25.1 Å². The number of rotatable bonds is 2. The van der Waals surface area contributed by atoms with Crippen LogP contribution in [0.15, 0.2) is 48.7 Å². The van der Waals surface area contributed by atoms with Gasteiger partial charge in [-0.3, -0.25) is 4.79 Å². The molecule has 0 bridgehead atoms. The molecule has 19 heavy (non-hydrogen) atoms. The van der Waals surface area contributed by atoms with Crippen molar-refractivity contribution in [1.29, 1.82) is 0 Å². The minimum absolute atomic E-state index is 0.00935. The van der Waals surface area contributed by atoms with E-state index in [4.69, 9.17) is 5.73 Å². The molecule has 0 aliphatic carbocycles. The van der Waals surface area contributed by atoms with Crippen LogP contribution in [0.5, 0.6) is 0 Å². The minimum atomic E-state index is 0.00935. The van der Waals surface area contributed by atoms with Gasteiger partial charge in [0.2, 0.25) is 0 Å². The number of hydrogen-bond acceptors (Lipinski definition) is 2. The van der Waals surface area contributed by atoms with Gasteiger partial charge in [0.15, 0.2) is 5.78 Å². The summed E-state index contributed by atoms with van der Waals surface area (Å²) in [5.74, 6) is 0.00935. The monoisotopic (exact) mass is 250 g/mol. The molecule has 1 heterocycles. The van der Waals surface area contributed by atoms with Crippen LogP contribution in [0.3, 0.4) is 0 Å². The number of carbonyl (C=O) groups is 1. The normalized spacial score (nSPS) is 10.8. The molecule has 0 saturated heterocycles. The van der Waals surface area contributed by atoms with Gasteiger partial charge in [-0.15, -0.1) is 0 Å². The summed E-state index contributed by atoms with van der Waals surface area (Å²) >= 11 is 0. The summed E-state index contributed by atoms with van der Waals surface area (Å²) in [5.41, 5.74) is 9.79. The van der Waals surface area contributed by atoms with Gasteiger partial charge in [0.25, 0.3) is 0 Å². The van der Waals surface area contributed by atoms with Crippen molar-refractivity contribution in [3.8, 4) is 0 Å². The largest absolute Gasteiger partial charge is 0.399 e. The second-order valence-corrected chi connectivity index (χ2v) is 4.70. The van der Waals surface area contributed by atoms with Crippen LogP contribution in [0.2, 0.25) is 0 Å². The quantitative estimate of drug-likeness (QED) is 0.541. The minimum Gasteiger partial charge on any atom is -0.399 e. The molecule has 2 aromatic carbocycles. The summed E-state index contributed by atoms with van der Waals surface area (Å²) < 4.78 is 0. The molecule has 94 valence electrons. The Morgan fingerprint density at radius 3 is 2.58 bits per heavy atom. The lowest BCUT2D eigenvalue weighted by Crippen LogP contribution is -2.00. The van der Waals surface area contributed by atoms with Crippen molar-refractivity contribution in [2.45, 2.75) is 6.92 Å². The molecule has 3 rings (SSSR count). The van der Waals surface area contributed by atoms with Crippen molar-refractivity contribution < 1.29 is 4.79 Å². The molecule has 0 saturated carbocycles. The van der Waals surface area contributed by atoms with Crippen molar-refractivity contribution in [3.63, 3.8) is 0 Å². The first-order valence-corrected chi connectivity index (χ1v) is 6.13. The number of ketones is 1. The third-order valence-corrected chi connectivity index (χ3v) is 3.25. The molecule has 1 aromatic heterocycles. The number of fused-ring (bicyclic) bond motifs is 1. The number of aromatic nitrogens is 1. The van der Waals surface area contributed by atoms with Gasteiger partial charge in [-0.2, -0.15) is 0 Å². The lowest BCUT2D eigenvalue weighted by molar-refractivity contribution is 0.104. The number of H-pyrrole nitrogens is 1. The van der Waals surface area contributed by atoms with Gasteiger partial charge in [0, 0.05) is 33.9 Å². The first kappa shape index (κ1) is 11.5. The van der Waals surface area contributed by atoms with Gasteiger partial charge < -0.3 is 10.7 Å². The van der Waals surface area contributed by atoms with E-state index < -0.39 is 0 Å². The summed E-state index contributed by atoms with van der Waals surface area (Å²) in [6.07, 6.45) is 1.77. The van der Waals surface area contributed by atoms with Crippen LogP contribution in [-0.4, -0.2) is 10.8 Å². The van der Waals surface area contributed by atoms with Crippen LogP contribution >= 0.6 is 0 Å². The van der Waals surface area contributed by atoms with Gasteiger partial charge in [0.05, 0.1) is 0 Å². The molecule has 0 radical (unpaired) electrons. The smallest absolute Gasteiger partial charge is 0.195 e. The second-order valence-electron chi connectivity index (χ2n) is 4.70. The van der Waals surface area contributed by atoms with E-state index in [1.54, 1.807) is 30.5 Å². The molecule has 3 N–H and O–H groups in total. The zero-order chi connectivity index (χ0) is 13.4. The Morgan fingerprint density at radius 1 is 1.11 bits per heavy atom. The Balaban J connectivity index is 2.09. The fourth-order valence-corrected chi connectivity index (χ4v) is 2.22. The highest BCUT2D eigenvalue weighted by Gasteiger charge is 2.13. The van der Waals surface area contributed by atoms with Crippen molar-refractivity contribution >= 4 is 22.4 Å². The Morgan fingerprint density at radius 2 is 1.84 bits per heavy atom. The van der Waals surface area contributed by atoms with Gasteiger partial charge in [-0.25, -0.2) is 0 Å². The van der Waals surface area contributed by atoms with Gasteiger partial charge in [0.1, 0.15) is 0 Å². The maximum absolute atomic E-state index is 12.5. The average molecular weight is 250 g/mol. The summed E-state index contributed by atoms with van der Waals surface area (Å²) in [4.78, 5) is 15.6. The number of benzene rings is 2. The predicted octanol–water partition coefficient (Wildman–Crippen LogP) is 3.29. The number of nitrogens with one attached hydrogen (secondary N) is 1. The number of nitrogen functional groups attached to an aromatic ring is 1. The Bertz CT molecular complexity index is 754. The summed E-state index contributed by atoms with van der Waals surface area (Å²) in [6, 6.07) is 13.0. The summed E-state index contributed by atoms with van der Waals surface area (Å²) in [7, 11) is 0. The molecule has 3 heteroatoms. The highest BCUT2D eigenvalue weighted by atomic mass is 16.1. The highest BCUT2D eigenvalue weighted by molar-refractivity contribution is 6.16. The number of nitrogens with two attached hydrogens (primary N) is 1. The topological polar surface area (TPSA) is 58.9 Å². The average Bonchev–Trinajstić information content (AvgIpc) is 2.81. The SMILES string of the molecule is Cc1ccc2c(C(=O)c3ccc(N)cc3)c[nH]c2c1. The number of aromatic amines is 1. The standard InChI is InChI=1S/C16H14N2O/c1-10-2-7-13-14(9-18-15(13)8-10)16(19)11-3-5-12(17)6-4-11/h2-9,18H,17H2,1H3. The third-order valence-electron chi connectivity index (χ3n) is 3.25. The molecule has 3 aromatic rings. The third kappa shape index (κ3) is 1.99. The maximum atomic E-state index is 12.5. The predicted molar refractivity (Wildman–Crippen MR) is 77.3 cm³/mol. The Hall–Kier alpha value is -2.55. The second kappa shape index (κ2) is 4.28. The Kier molecular flexibility index (Phi) is 2.60. The lowest BCUT2D eigenvalue weighted by Gasteiger charge is -2.01. The summed E-state index contributed by atoms with van der Waals surface area (Å²) in [6.45, 7) is 2.03. The molecule has 0 fully saturated rings. The lowest BCUT2D eigenvalue weighted by atomic mass is 10.0. The molecule has 0 unspecified atom stereocenters. The molecular formula is C16H14N2O. The van der Waals surface area contributed by atoms with Crippen LogP contribution in [0, 0.1) is 6.92 Å². The molecule has 0 atom stereocenters. The van der Waals surface area contributed by atoms with Crippen molar-refractivity contribution in [2.24, 2.45) is 0 Å². The van der Waals surface area contributed by atoms with Crippen molar-refractivity contribution in [1.82, 2.24) is 4.98 Å². The van der Waals surface area contributed by atoms with E-state index in [-0.39, 0.29) is 5.78 Å². The number of carbonyl (C=O) groups excluding carboxylic acids is 1. The van der Waals surface area contributed by atoms with Crippen LogP contribution in [-0.2, 0) is 0 Å². The van der Waals surface area contributed by atoms with Crippen LogP contribution in [0.4, 0.5) is 5.69 Å². The zero-order valence-corrected chi connectivity index (χ0v) is 10.6. The first-order chi connectivity index (χ1) is 9.15. The fraction of sp³-hybridized carbons (Fsp3) is 0.0625. The number of anilines is 1. The van der Waals surface area contributed by atoms with E-state index in [0.29, 0.717) is 16.8 Å². The van der Waals surface area contributed by atoms with Crippen molar-refractivity contribution in [3.05, 3.63) is 65.4 Å². The van der Waals surface area contributed by atoms with Crippen LogP contribution in [0.1, 0.15) is 21.5 Å². The van der Waals surface area contributed by atoms with E-state index in [1.165, 1.54) is 5.56 Å². The molecule has 0 aliphatic rings. The number of hydrogen-bond donors (Lipinski definition) is 2. The molecule has 3 nitrogen and oxygen atoms in total. The Labute approximate surface area is 111 Å². The van der Waals surface area contributed by atoms with Gasteiger partial charge >= 0.3 is 0 Å². The van der Waals surface area contributed by atoms with E-state index in [9.17, 15) is 4.79 Å².